The van der Waals surface area contributed by atoms with Gasteiger partial charge in [0.1, 0.15) is 0 Å². The molecule has 0 aromatic heterocycles. The Morgan fingerprint density at radius 1 is 1.10 bits per heavy atom. The van der Waals surface area contributed by atoms with Crippen molar-refractivity contribution in [3.63, 3.8) is 0 Å². The quantitative estimate of drug-likeness (QED) is 0.677. The summed E-state index contributed by atoms with van der Waals surface area (Å²) < 4.78 is 0. The fourth-order valence-corrected chi connectivity index (χ4v) is 1.81. The normalized spacial score (nSPS) is 9.95. The third-order valence-electron chi connectivity index (χ3n) is 2.92. The molecule has 1 rings (SSSR count). The summed E-state index contributed by atoms with van der Waals surface area (Å²) in [6.07, 6.45) is 1.57. The van der Waals surface area contributed by atoms with Crippen LogP contribution >= 0.6 is 0 Å². The predicted octanol–water partition coefficient (Wildman–Crippen LogP) is 1.56. The van der Waals surface area contributed by atoms with Crippen molar-refractivity contribution in [2.24, 2.45) is 0 Å². The Kier molecular flexibility index (Phi) is 6.94. The van der Waals surface area contributed by atoms with Gasteiger partial charge in [0.15, 0.2) is 0 Å². The van der Waals surface area contributed by atoms with E-state index in [9.17, 15) is 14.4 Å². The first-order valence-corrected chi connectivity index (χ1v) is 6.82. The molecule has 3 N–H and O–H groups in total. The van der Waals surface area contributed by atoms with Crippen LogP contribution in [0.5, 0.6) is 0 Å². The average molecular weight is 292 g/mol. The van der Waals surface area contributed by atoms with Gasteiger partial charge in [0.05, 0.1) is 0 Å². The Labute approximate surface area is 123 Å². The van der Waals surface area contributed by atoms with Crippen LogP contribution in [-0.4, -0.2) is 29.9 Å². The molecule has 6 nitrogen and oxygen atoms in total. The molecule has 6 heteroatoms. The molecule has 0 atom stereocenters. The highest BCUT2D eigenvalue weighted by atomic mass is 16.4. The van der Waals surface area contributed by atoms with Crippen molar-refractivity contribution >= 4 is 23.5 Å². The lowest BCUT2D eigenvalue weighted by atomic mass is 10.1. The number of benzene rings is 1. The highest BCUT2D eigenvalue weighted by Gasteiger charge is 2.06. The summed E-state index contributed by atoms with van der Waals surface area (Å²) in [5.74, 6) is -1.09. The lowest BCUT2D eigenvalue weighted by Crippen LogP contribution is -2.18. The van der Waals surface area contributed by atoms with Gasteiger partial charge in [-0.2, -0.15) is 0 Å². The van der Waals surface area contributed by atoms with E-state index in [-0.39, 0.29) is 24.7 Å². The minimum absolute atomic E-state index is 0.0591. The van der Waals surface area contributed by atoms with Crippen molar-refractivity contribution in [2.75, 3.05) is 12.4 Å². The van der Waals surface area contributed by atoms with Crippen LogP contribution in [0.15, 0.2) is 24.3 Å². The fourth-order valence-electron chi connectivity index (χ4n) is 1.81. The van der Waals surface area contributed by atoms with E-state index >= 15 is 0 Å². The predicted molar refractivity (Wildman–Crippen MR) is 78.9 cm³/mol. The maximum Gasteiger partial charge on any atom is 0.303 e. The molecule has 0 unspecified atom stereocenters. The molecule has 0 radical (unpaired) electrons. The van der Waals surface area contributed by atoms with E-state index in [1.54, 1.807) is 25.2 Å². The van der Waals surface area contributed by atoms with Crippen LogP contribution < -0.4 is 10.6 Å². The van der Waals surface area contributed by atoms with Gasteiger partial charge < -0.3 is 15.7 Å². The van der Waals surface area contributed by atoms with Gasteiger partial charge in [-0.15, -0.1) is 0 Å². The van der Waals surface area contributed by atoms with Crippen LogP contribution in [0.4, 0.5) is 5.69 Å². The molecule has 0 bridgehead atoms. The van der Waals surface area contributed by atoms with Crippen molar-refractivity contribution in [2.45, 2.75) is 32.1 Å². The smallest absolute Gasteiger partial charge is 0.303 e. The van der Waals surface area contributed by atoms with Crippen molar-refractivity contribution < 1.29 is 19.5 Å². The van der Waals surface area contributed by atoms with Crippen molar-refractivity contribution in [1.82, 2.24) is 5.32 Å². The summed E-state index contributed by atoms with van der Waals surface area (Å²) in [5, 5.41) is 13.9. The molecular formula is C15H20N2O4. The van der Waals surface area contributed by atoms with Gasteiger partial charge in [0.25, 0.3) is 0 Å². The first kappa shape index (κ1) is 16.7. The van der Waals surface area contributed by atoms with Gasteiger partial charge in [0.2, 0.25) is 11.8 Å². The first-order valence-electron chi connectivity index (χ1n) is 6.82. The topological polar surface area (TPSA) is 95.5 Å². The summed E-state index contributed by atoms with van der Waals surface area (Å²) in [7, 11) is 1.56. The Hall–Kier alpha value is -2.37. The highest BCUT2D eigenvalue weighted by Crippen LogP contribution is 2.13. The van der Waals surface area contributed by atoms with E-state index in [1.807, 2.05) is 6.07 Å². The largest absolute Gasteiger partial charge is 0.481 e. The number of carboxylic acids is 1. The second-order valence-corrected chi connectivity index (χ2v) is 4.67. The molecule has 0 spiro atoms. The number of hydrogen-bond acceptors (Lipinski definition) is 3. The zero-order chi connectivity index (χ0) is 15.7. The van der Waals surface area contributed by atoms with E-state index in [4.69, 9.17) is 5.11 Å². The van der Waals surface area contributed by atoms with Crippen LogP contribution in [0.3, 0.4) is 0 Å². The second kappa shape index (κ2) is 8.73. The molecule has 0 aliphatic carbocycles. The van der Waals surface area contributed by atoms with Gasteiger partial charge in [0, 0.05) is 32.0 Å². The minimum atomic E-state index is -0.848. The number of hydrogen-bond donors (Lipinski definition) is 3. The number of carboxylic acid groups (broad SMARTS) is 1. The van der Waals surface area contributed by atoms with Crippen molar-refractivity contribution in [3.8, 4) is 0 Å². The lowest BCUT2D eigenvalue weighted by Gasteiger charge is -2.07. The summed E-state index contributed by atoms with van der Waals surface area (Å²) in [6, 6.07) is 7.11. The third-order valence-corrected chi connectivity index (χ3v) is 2.92. The first-order chi connectivity index (χ1) is 10.0. The number of amides is 2. The number of carbonyl (C=O) groups is 3. The molecule has 2 amide bonds. The van der Waals surface area contributed by atoms with Crippen LogP contribution in [-0.2, 0) is 20.8 Å². The number of rotatable bonds is 8. The maximum absolute atomic E-state index is 11.7. The lowest BCUT2D eigenvalue weighted by molar-refractivity contribution is -0.137. The number of carbonyl (C=O) groups excluding carboxylic acids is 2. The molecule has 1 aromatic rings. The number of nitrogens with one attached hydrogen (secondary N) is 2. The van der Waals surface area contributed by atoms with E-state index in [0.717, 1.165) is 5.56 Å². The van der Waals surface area contributed by atoms with E-state index in [0.29, 0.717) is 24.9 Å². The Balaban J connectivity index is 2.43. The SMILES string of the molecule is CNC(=O)CCCC(=O)Nc1cccc(CCC(=O)O)c1. The molecule has 0 saturated carbocycles. The van der Waals surface area contributed by atoms with Crippen molar-refractivity contribution in [3.05, 3.63) is 29.8 Å². The second-order valence-electron chi connectivity index (χ2n) is 4.67. The molecule has 114 valence electrons. The molecule has 0 aliphatic rings. The zero-order valence-corrected chi connectivity index (χ0v) is 12.0. The Morgan fingerprint density at radius 3 is 2.48 bits per heavy atom. The van der Waals surface area contributed by atoms with Gasteiger partial charge in [-0.3, -0.25) is 14.4 Å². The average Bonchev–Trinajstić information content (AvgIpc) is 2.45. The fraction of sp³-hybridized carbons (Fsp3) is 0.400. The third kappa shape index (κ3) is 7.10. The van der Waals surface area contributed by atoms with E-state index in [2.05, 4.69) is 10.6 Å². The Morgan fingerprint density at radius 2 is 1.81 bits per heavy atom. The molecule has 0 saturated heterocycles. The monoisotopic (exact) mass is 292 g/mol. The maximum atomic E-state index is 11.7. The van der Waals surface area contributed by atoms with Gasteiger partial charge in [-0.1, -0.05) is 12.1 Å². The molecule has 0 aliphatic heterocycles. The zero-order valence-electron chi connectivity index (χ0n) is 12.0. The van der Waals surface area contributed by atoms with Crippen LogP contribution in [0.1, 0.15) is 31.2 Å². The van der Waals surface area contributed by atoms with Crippen LogP contribution in [0, 0.1) is 0 Å². The molecule has 0 heterocycles. The molecule has 1 aromatic carbocycles. The standard InChI is InChI=1S/C15H20N2O4/c1-16-13(18)6-3-7-14(19)17-12-5-2-4-11(10-12)8-9-15(20)21/h2,4-5,10H,3,6-9H2,1H3,(H,16,18)(H,17,19)(H,20,21). The number of aliphatic carboxylic acids is 1. The van der Waals surface area contributed by atoms with Gasteiger partial charge in [-0.05, 0) is 30.5 Å². The highest BCUT2D eigenvalue weighted by molar-refractivity contribution is 5.91. The van der Waals surface area contributed by atoms with Gasteiger partial charge >= 0.3 is 5.97 Å². The van der Waals surface area contributed by atoms with Crippen molar-refractivity contribution in [1.29, 1.82) is 0 Å². The number of aryl methyl sites for hydroxylation is 1. The van der Waals surface area contributed by atoms with E-state index in [1.165, 1.54) is 0 Å². The Bertz CT molecular complexity index is 514. The number of anilines is 1. The minimum Gasteiger partial charge on any atom is -0.481 e. The molecule has 21 heavy (non-hydrogen) atoms. The van der Waals surface area contributed by atoms with Crippen LogP contribution in [0.25, 0.3) is 0 Å². The van der Waals surface area contributed by atoms with Gasteiger partial charge in [-0.25, -0.2) is 0 Å². The van der Waals surface area contributed by atoms with Crippen LogP contribution in [0.2, 0.25) is 0 Å². The summed E-state index contributed by atoms with van der Waals surface area (Å²) in [5.41, 5.74) is 1.50. The molecule has 0 fully saturated rings. The van der Waals surface area contributed by atoms with E-state index < -0.39 is 5.97 Å². The summed E-state index contributed by atoms with van der Waals surface area (Å²) in [4.78, 5) is 33.3. The summed E-state index contributed by atoms with van der Waals surface area (Å²) >= 11 is 0. The summed E-state index contributed by atoms with van der Waals surface area (Å²) in [6.45, 7) is 0. The molecular weight excluding hydrogens is 272 g/mol.